The Bertz CT molecular complexity index is 153. The van der Waals surface area contributed by atoms with Gasteiger partial charge in [-0.1, -0.05) is 6.92 Å². The highest BCUT2D eigenvalue weighted by Gasteiger charge is 2.32. The van der Waals surface area contributed by atoms with Crippen molar-refractivity contribution in [3.63, 3.8) is 0 Å². The monoisotopic (exact) mass is 201 g/mol. The van der Waals surface area contributed by atoms with Crippen LogP contribution < -0.4 is 5.32 Å². The van der Waals surface area contributed by atoms with Crippen LogP contribution in [0.5, 0.6) is 0 Å². The second kappa shape index (κ2) is 5.69. The molecule has 0 radical (unpaired) electrons. The van der Waals surface area contributed by atoms with E-state index in [9.17, 15) is 5.11 Å². The highest BCUT2D eigenvalue weighted by Crippen LogP contribution is 2.28. The third-order valence-electron chi connectivity index (χ3n) is 3.10. The van der Waals surface area contributed by atoms with Crippen molar-refractivity contribution in [2.75, 3.05) is 26.3 Å². The Hall–Kier alpha value is -0.120. The second-order valence-corrected chi connectivity index (χ2v) is 4.37. The fourth-order valence-electron chi connectivity index (χ4n) is 1.95. The van der Waals surface area contributed by atoms with Gasteiger partial charge in [0, 0.05) is 12.5 Å². The average Bonchev–Trinajstić information content (AvgIpc) is 2.19. The van der Waals surface area contributed by atoms with E-state index < -0.39 is 5.60 Å². The first-order valence-electron chi connectivity index (χ1n) is 5.67. The molecule has 1 rings (SSSR count). The molecule has 0 aliphatic carbocycles. The van der Waals surface area contributed by atoms with Crippen LogP contribution in [0.2, 0.25) is 0 Å². The number of hydrogen-bond acceptors (Lipinski definition) is 3. The van der Waals surface area contributed by atoms with Crippen molar-refractivity contribution in [1.82, 2.24) is 5.32 Å². The van der Waals surface area contributed by atoms with Crippen LogP contribution in [0.25, 0.3) is 0 Å². The van der Waals surface area contributed by atoms with E-state index in [1.54, 1.807) is 0 Å². The molecule has 2 unspecified atom stereocenters. The zero-order chi connectivity index (χ0) is 10.4. The second-order valence-electron chi connectivity index (χ2n) is 4.37. The summed E-state index contributed by atoms with van der Waals surface area (Å²) in [6.45, 7) is 7.46. The maximum absolute atomic E-state index is 10.2. The maximum Gasteiger partial charge on any atom is 0.0681 e. The van der Waals surface area contributed by atoms with Crippen molar-refractivity contribution in [3.05, 3.63) is 0 Å². The molecular formula is C11H23NO2. The first-order chi connectivity index (χ1) is 6.67. The Balaban J connectivity index is 2.29. The van der Waals surface area contributed by atoms with E-state index in [0.717, 1.165) is 45.6 Å². The molecule has 2 N–H and O–H groups in total. The summed E-state index contributed by atoms with van der Waals surface area (Å²) in [6.07, 6.45) is 3.00. The Morgan fingerprint density at radius 3 is 2.93 bits per heavy atom. The van der Waals surface area contributed by atoms with Gasteiger partial charge in [0.1, 0.15) is 0 Å². The summed E-state index contributed by atoms with van der Waals surface area (Å²) in [7, 11) is 0. The fourth-order valence-corrected chi connectivity index (χ4v) is 1.95. The van der Waals surface area contributed by atoms with E-state index in [4.69, 9.17) is 4.74 Å². The van der Waals surface area contributed by atoms with Gasteiger partial charge >= 0.3 is 0 Å². The number of ether oxygens (including phenoxy) is 1. The normalized spacial score (nSPS) is 27.2. The van der Waals surface area contributed by atoms with Crippen molar-refractivity contribution >= 4 is 0 Å². The highest BCUT2D eigenvalue weighted by atomic mass is 16.5. The predicted molar refractivity (Wildman–Crippen MR) is 57.3 cm³/mol. The fraction of sp³-hybridized carbons (Fsp3) is 1.00. The summed E-state index contributed by atoms with van der Waals surface area (Å²) in [6, 6.07) is 0. The van der Waals surface area contributed by atoms with Gasteiger partial charge in [0.25, 0.3) is 0 Å². The van der Waals surface area contributed by atoms with Crippen molar-refractivity contribution in [3.8, 4) is 0 Å². The van der Waals surface area contributed by atoms with Gasteiger partial charge in [-0.2, -0.15) is 0 Å². The lowest BCUT2D eigenvalue weighted by Gasteiger charge is -2.35. The molecule has 3 nitrogen and oxygen atoms in total. The number of hydrogen-bond donors (Lipinski definition) is 2. The van der Waals surface area contributed by atoms with Crippen molar-refractivity contribution in [2.45, 2.75) is 38.7 Å². The first-order valence-corrected chi connectivity index (χ1v) is 5.67. The Morgan fingerprint density at radius 1 is 1.57 bits per heavy atom. The molecule has 0 aromatic heterocycles. The van der Waals surface area contributed by atoms with Gasteiger partial charge in [0.05, 0.1) is 12.2 Å². The van der Waals surface area contributed by atoms with E-state index in [-0.39, 0.29) is 0 Å². The minimum absolute atomic E-state index is 0.315. The minimum Gasteiger partial charge on any atom is -0.390 e. The van der Waals surface area contributed by atoms with Crippen LogP contribution in [0, 0.1) is 5.92 Å². The lowest BCUT2D eigenvalue weighted by Crippen LogP contribution is -2.41. The number of nitrogens with one attached hydrogen (secondary N) is 1. The number of aliphatic hydroxyl groups is 1. The van der Waals surface area contributed by atoms with Crippen LogP contribution in [0.3, 0.4) is 0 Å². The van der Waals surface area contributed by atoms with Crippen molar-refractivity contribution < 1.29 is 9.84 Å². The Kier molecular flexibility index (Phi) is 4.85. The highest BCUT2D eigenvalue weighted by molar-refractivity contribution is 4.84. The molecule has 1 heterocycles. The molecule has 0 saturated carbocycles. The molecule has 2 atom stereocenters. The molecule has 0 amide bonds. The third-order valence-corrected chi connectivity index (χ3v) is 3.10. The molecule has 1 saturated heterocycles. The quantitative estimate of drug-likeness (QED) is 0.656. The van der Waals surface area contributed by atoms with E-state index in [1.165, 1.54) is 0 Å². The standard InChI is InChI=1S/C11H23NO2/c1-3-12-7-6-11(2,13)10-5-4-8-14-9-10/h10,12-13H,3-9H2,1-2H3. The summed E-state index contributed by atoms with van der Waals surface area (Å²) in [5.74, 6) is 0.315. The average molecular weight is 201 g/mol. The van der Waals surface area contributed by atoms with Crippen LogP contribution in [0.4, 0.5) is 0 Å². The number of rotatable bonds is 5. The molecule has 0 aromatic carbocycles. The lowest BCUT2D eigenvalue weighted by atomic mass is 9.82. The van der Waals surface area contributed by atoms with Gasteiger partial charge in [-0.3, -0.25) is 0 Å². The Labute approximate surface area is 86.8 Å². The van der Waals surface area contributed by atoms with E-state index in [0.29, 0.717) is 5.92 Å². The third kappa shape index (κ3) is 3.56. The molecule has 84 valence electrons. The van der Waals surface area contributed by atoms with Gasteiger partial charge in [-0.05, 0) is 39.3 Å². The van der Waals surface area contributed by atoms with Crippen LogP contribution in [0.15, 0.2) is 0 Å². The lowest BCUT2D eigenvalue weighted by molar-refractivity contribution is -0.0716. The van der Waals surface area contributed by atoms with Crippen molar-refractivity contribution in [1.29, 1.82) is 0 Å². The molecule has 1 aliphatic rings. The summed E-state index contributed by atoms with van der Waals surface area (Å²) >= 11 is 0. The van der Waals surface area contributed by atoms with Crippen LogP contribution in [-0.4, -0.2) is 37.0 Å². The zero-order valence-corrected chi connectivity index (χ0v) is 9.38. The molecule has 14 heavy (non-hydrogen) atoms. The molecule has 1 aliphatic heterocycles. The van der Waals surface area contributed by atoms with Crippen LogP contribution in [0.1, 0.15) is 33.1 Å². The van der Waals surface area contributed by atoms with Gasteiger partial charge in [-0.15, -0.1) is 0 Å². The molecule has 0 bridgehead atoms. The largest absolute Gasteiger partial charge is 0.390 e. The predicted octanol–water partition coefficient (Wildman–Crippen LogP) is 1.16. The summed E-state index contributed by atoms with van der Waals surface area (Å²) < 4.78 is 5.39. The van der Waals surface area contributed by atoms with Crippen LogP contribution in [-0.2, 0) is 4.74 Å². The first kappa shape index (κ1) is 12.0. The molecule has 0 spiro atoms. The van der Waals surface area contributed by atoms with Gasteiger partial charge in [0.15, 0.2) is 0 Å². The SMILES string of the molecule is CCNCCC(C)(O)C1CCCOC1. The minimum atomic E-state index is -0.567. The molecular weight excluding hydrogens is 178 g/mol. The summed E-state index contributed by atoms with van der Waals surface area (Å²) in [5.41, 5.74) is -0.567. The molecule has 1 fully saturated rings. The van der Waals surface area contributed by atoms with Gasteiger partial charge < -0.3 is 15.2 Å². The maximum atomic E-state index is 10.2. The Morgan fingerprint density at radius 2 is 2.36 bits per heavy atom. The van der Waals surface area contributed by atoms with Crippen molar-refractivity contribution in [2.24, 2.45) is 5.92 Å². The van der Waals surface area contributed by atoms with E-state index in [2.05, 4.69) is 12.2 Å². The van der Waals surface area contributed by atoms with Gasteiger partial charge in [0.2, 0.25) is 0 Å². The zero-order valence-electron chi connectivity index (χ0n) is 9.38. The summed E-state index contributed by atoms with van der Waals surface area (Å²) in [5, 5.41) is 13.5. The van der Waals surface area contributed by atoms with E-state index in [1.807, 2.05) is 6.92 Å². The summed E-state index contributed by atoms with van der Waals surface area (Å²) in [4.78, 5) is 0. The molecule has 3 heteroatoms. The van der Waals surface area contributed by atoms with E-state index >= 15 is 0 Å². The smallest absolute Gasteiger partial charge is 0.0681 e. The van der Waals surface area contributed by atoms with Gasteiger partial charge in [-0.25, -0.2) is 0 Å². The topological polar surface area (TPSA) is 41.5 Å². The van der Waals surface area contributed by atoms with Crippen LogP contribution >= 0.6 is 0 Å². The molecule has 0 aromatic rings.